The van der Waals surface area contributed by atoms with E-state index in [9.17, 15) is 4.79 Å². The lowest BCUT2D eigenvalue weighted by Crippen LogP contribution is -2.20. The van der Waals surface area contributed by atoms with E-state index in [0.717, 1.165) is 16.5 Å². The van der Waals surface area contributed by atoms with Crippen LogP contribution in [0.1, 0.15) is 23.0 Å². The first-order valence-corrected chi connectivity index (χ1v) is 8.41. The number of pyridine rings is 2. The molecule has 27 heavy (non-hydrogen) atoms. The molecule has 0 spiro atoms. The van der Waals surface area contributed by atoms with Crippen LogP contribution in [0.4, 0.5) is 0 Å². The molecule has 0 saturated heterocycles. The second-order valence-electron chi connectivity index (χ2n) is 5.93. The molecule has 0 aliphatic carbocycles. The number of amides is 1. The highest BCUT2D eigenvalue weighted by molar-refractivity contribution is 6.07. The van der Waals surface area contributed by atoms with Crippen molar-refractivity contribution in [3.05, 3.63) is 84.6 Å². The average Bonchev–Trinajstić information content (AvgIpc) is 3.26. The zero-order valence-corrected chi connectivity index (χ0v) is 14.6. The third-order valence-electron chi connectivity index (χ3n) is 4.12. The van der Waals surface area contributed by atoms with Crippen molar-refractivity contribution >= 4 is 22.5 Å². The Labute approximate surface area is 155 Å². The van der Waals surface area contributed by atoms with E-state index in [1.807, 2.05) is 36.4 Å². The normalized spacial score (nSPS) is 11.5. The lowest BCUT2D eigenvalue weighted by atomic mass is 10.0. The Kier molecular flexibility index (Phi) is 4.45. The number of carbonyl (C=O) groups excluding carboxylic acids is 1. The summed E-state index contributed by atoms with van der Waals surface area (Å²) in [5.74, 6) is 0.288. The van der Waals surface area contributed by atoms with E-state index in [1.54, 1.807) is 43.8 Å². The van der Waals surface area contributed by atoms with E-state index in [1.165, 1.54) is 0 Å². The molecule has 0 saturated carbocycles. The fourth-order valence-electron chi connectivity index (χ4n) is 2.76. The number of benzene rings is 1. The van der Waals surface area contributed by atoms with Gasteiger partial charge in [0.15, 0.2) is 0 Å². The molecule has 1 aromatic carbocycles. The summed E-state index contributed by atoms with van der Waals surface area (Å²) in [5.41, 5.74) is 5.93. The number of rotatable bonds is 4. The van der Waals surface area contributed by atoms with Crippen LogP contribution in [-0.2, 0) is 0 Å². The van der Waals surface area contributed by atoms with Crippen LogP contribution in [0.5, 0.6) is 0 Å². The van der Waals surface area contributed by atoms with Crippen LogP contribution >= 0.6 is 0 Å². The van der Waals surface area contributed by atoms with Gasteiger partial charge in [0.1, 0.15) is 11.5 Å². The molecule has 6 heteroatoms. The zero-order chi connectivity index (χ0) is 18.6. The Morgan fingerprint density at radius 2 is 2.00 bits per heavy atom. The summed E-state index contributed by atoms with van der Waals surface area (Å²) in [6.45, 7) is 1.77. The second-order valence-corrected chi connectivity index (χ2v) is 5.93. The molecule has 3 heterocycles. The molecule has 0 radical (unpaired) electrons. The molecule has 1 amide bonds. The number of hydrogen-bond donors (Lipinski definition) is 1. The van der Waals surface area contributed by atoms with E-state index in [-0.39, 0.29) is 5.91 Å². The molecule has 4 rings (SSSR count). The molecule has 0 unspecified atom stereocenters. The van der Waals surface area contributed by atoms with Crippen LogP contribution in [0.2, 0.25) is 0 Å². The molecule has 1 N–H and O–H groups in total. The first kappa shape index (κ1) is 16.7. The molecule has 132 valence electrons. The highest BCUT2D eigenvalue weighted by Crippen LogP contribution is 2.24. The van der Waals surface area contributed by atoms with Crippen molar-refractivity contribution < 1.29 is 9.21 Å². The third-order valence-corrected chi connectivity index (χ3v) is 4.12. The largest absolute Gasteiger partial charge is 0.463 e. The predicted molar refractivity (Wildman–Crippen MR) is 103 cm³/mol. The summed E-state index contributed by atoms with van der Waals surface area (Å²) in [4.78, 5) is 21.6. The Morgan fingerprint density at radius 3 is 2.78 bits per heavy atom. The number of hydrazone groups is 1. The summed E-state index contributed by atoms with van der Waals surface area (Å²) in [7, 11) is 0. The predicted octanol–water partition coefficient (Wildman–Crippen LogP) is 4.04. The maximum Gasteiger partial charge on any atom is 0.272 e. The first-order valence-electron chi connectivity index (χ1n) is 8.41. The van der Waals surface area contributed by atoms with Gasteiger partial charge >= 0.3 is 0 Å². The molecule has 0 fully saturated rings. The lowest BCUT2D eigenvalue weighted by Gasteiger charge is -2.09. The number of para-hydroxylation sites is 1. The van der Waals surface area contributed by atoms with E-state index in [2.05, 4.69) is 20.5 Å². The van der Waals surface area contributed by atoms with Gasteiger partial charge in [-0.05, 0) is 43.3 Å². The quantitative estimate of drug-likeness (QED) is 0.442. The SMILES string of the molecule is CC(=NNC(=O)c1cc(-c2cccnc2)nc2ccccc12)c1ccco1. The molecule has 3 aromatic heterocycles. The number of aromatic nitrogens is 2. The van der Waals surface area contributed by atoms with E-state index in [4.69, 9.17) is 4.42 Å². The fraction of sp³-hybridized carbons (Fsp3) is 0.0476. The Balaban J connectivity index is 1.73. The number of furan rings is 1. The molecule has 4 aromatic rings. The van der Waals surface area contributed by atoms with Gasteiger partial charge in [0.2, 0.25) is 0 Å². The van der Waals surface area contributed by atoms with Gasteiger partial charge in [0, 0.05) is 23.3 Å². The van der Waals surface area contributed by atoms with Crippen molar-refractivity contribution in [1.82, 2.24) is 15.4 Å². The molecule has 0 atom stereocenters. The standard InChI is InChI=1S/C21H16N4O2/c1-14(20-9-5-11-27-20)24-25-21(26)17-12-19(15-6-4-10-22-13-15)23-18-8-3-2-7-16(17)18/h2-13H,1H3,(H,25,26). The fourth-order valence-corrected chi connectivity index (χ4v) is 2.76. The minimum absolute atomic E-state index is 0.315. The van der Waals surface area contributed by atoms with E-state index in [0.29, 0.717) is 22.7 Å². The van der Waals surface area contributed by atoms with Gasteiger partial charge in [0.05, 0.1) is 23.0 Å². The number of fused-ring (bicyclic) bond motifs is 1. The summed E-state index contributed by atoms with van der Waals surface area (Å²) in [5, 5.41) is 4.90. The molecule has 0 bridgehead atoms. The van der Waals surface area contributed by atoms with Crippen molar-refractivity contribution in [2.24, 2.45) is 5.10 Å². The van der Waals surface area contributed by atoms with Gasteiger partial charge < -0.3 is 4.42 Å². The van der Waals surface area contributed by atoms with Gasteiger partial charge in [-0.2, -0.15) is 5.10 Å². The Hall–Kier alpha value is -3.80. The van der Waals surface area contributed by atoms with Crippen molar-refractivity contribution in [3.63, 3.8) is 0 Å². The molecule has 6 nitrogen and oxygen atoms in total. The summed E-state index contributed by atoms with van der Waals surface area (Å²) >= 11 is 0. The third kappa shape index (κ3) is 3.46. The average molecular weight is 356 g/mol. The van der Waals surface area contributed by atoms with E-state index < -0.39 is 0 Å². The van der Waals surface area contributed by atoms with Gasteiger partial charge in [-0.3, -0.25) is 9.78 Å². The lowest BCUT2D eigenvalue weighted by molar-refractivity contribution is 0.0956. The topological polar surface area (TPSA) is 80.4 Å². The number of nitrogens with zero attached hydrogens (tertiary/aromatic N) is 3. The monoisotopic (exact) mass is 356 g/mol. The number of nitrogens with one attached hydrogen (secondary N) is 1. The maximum absolute atomic E-state index is 12.8. The summed E-state index contributed by atoms with van der Waals surface area (Å²) < 4.78 is 5.28. The van der Waals surface area contributed by atoms with E-state index >= 15 is 0 Å². The van der Waals surface area contributed by atoms with Crippen LogP contribution in [0.25, 0.3) is 22.2 Å². The minimum Gasteiger partial charge on any atom is -0.463 e. The van der Waals surface area contributed by atoms with Crippen molar-refractivity contribution in [1.29, 1.82) is 0 Å². The van der Waals surface area contributed by atoms with Crippen LogP contribution < -0.4 is 5.43 Å². The summed E-state index contributed by atoms with van der Waals surface area (Å²) in [6, 6.07) is 16.6. The van der Waals surface area contributed by atoms with Crippen molar-refractivity contribution in [3.8, 4) is 11.3 Å². The maximum atomic E-state index is 12.8. The van der Waals surface area contributed by atoms with Gasteiger partial charge in [-0.25, -0.2) is 10.4 Å². The summed E-state index contributed by atoms with van der Waals surface area (Å²) in [6.07, 6.45) is 4.98. The van der Waals surface area contributed by atoms with Gasteiger partial charge in [-0.15, -0.1) is 0 Å². The zero-order valence-electron chi connectivity index (χ0n) is 14.6. The van der Waals surface area contributed by atoms with Gasteiger partial charge in [0.25, 0.3) is 5.91 Å². The highest BCUT2D eigenvalue weighted by atomic mass is 16.3. The second kappa shape index (κ2) is 7.21. The smallest absolute Gasteiger partial charge is 0.272 e. The van der Waals surface area contributed by atoms with Crippen LogP contribution in [0.15, 0.2) is 82.8 Å². The molecular formula is C21H16N4O2. The number of hydrogen-bond acceptors (Lipinski definition) is 5. The van der Waals surface area contributed by atoms with Crippen molar-refractivity contribution in [2.45, 2.75) is 6.92 Å². The molecule has 0 aliphatic heterocycles. The van der Waals surface area contributed by atoms with Crippen LogP contribution in [0.3, 0.4) is 0 Å². The van der Waals surface area contributed by atoms with Crippen LogP contribution in [-0.4, -0.2) is 21.6 Å². The van der Waals surface area contributed by atoms with Crippen molar-refractivity contribution in [2.75, 3.05) is 0 Å². The first-order chi connectivity index (χ1) is 13.2. The van der Waals surface area contributed by atoms with Crippen LogP contribution in [0, 0.1) is 0 Å². The minimum atomic E-state index is -0.315. The number of carbonyl (C=O) groups is 1. The Morgan fingerprint density at radius 1 is 1.11 bits per heavy atom. The van der Waals surface area contributed by atoms with Gasteiger partial charge in [-0.1, -0.05) is 18.2 Å². The molecular weight excluding hydrogens is 340 g/mol. The highest BCUT2D eigenvalue weighted by Gasteiger charge is 2.14. The molecule has 0 aliphatic rings. The Bertz CT molecular complexity index is 1120.